The monoisotopic (exact) mass is 402 g/mol. The van der Waals surface area contributed by atoms with Crippen molar-refractivity contribution in [3.63, 3.8) is 0 Å². The minimum Gasteiger partial charge on any atom is -0.612 e. The Hall–Kier alpha value is -2.41. The highest BCUT2D eigenvalue weighted by molar-refractivity contribution is 7.90. The summed E-state index contributed by atoms with van der Waals surface area (Å²) in [6, 6.07) is 8.75. The molecule has 1 fully saturated rings. The molecule has 3 rings (SSSR count). The van der Waals surface area contributed by atoms with Crippen LogP contribution in [0.1, 0.15) is 36.1 Å². The van der Waals surface area contributed by atoms with Gasteiger partial charge in [-0.1, -0.05) is 16.5 Å². The molecule has 0 saturated heterocycles. The van der Waals surface area contributed by atoms with Crippen molar-refractivity contribution in [3.05, 3.63) is 40.9 Å². The molecule has 1 aromatic heterocycles. The molecule has 9 heteroatoms. The van der Waals surface area contributed by atoms with Gasteiger partial charge >= 0.3 is 0 Å². The van der Waals surface area contributed by atoms with Gasteiger partial charge in [0.2, 0.25) is 0 Å². The van der Waals surface area contributed by atoms with E-state index < -0.39 is 17.1 Å². The van der Waals surface area contributed by atoms with Gasteiger partial charge in [-0.15, -0.1) is 0 Å². The molecule has 1 N–H and O–H groups in total. The fourth-order valence-corrected chi connectivity index (χ4v) is 3.82. The van der Waals surface area contributed by atoms with Crippen LogP contribution in [-0.2, 0) is 20.8 Å². The summed E-state index contributed by atoms with van der Waals surface area (Å²) in [5.41, 5.74) is 0.667. The average Bonchev–Trinajstić information content (AvgIpc) is 3.34. The summed E-state index contributed by atoms with van der Waals surface area (Å²) in [5.74, 6) is -0.475. The lowest BCUT2D eigenvalue weighted by atomic mass is 10.1. The predicted molar refractivity (Wildman–Crippen MR) is 104 cm³/mol. The topological polar surface area (TPSA) is 110 Å². The molecule has 0 spiro atoms. The highest BCUT2D eigenvalue weighted by Crippen LogP contribution is 2.22. The van der Waals surface area contributed by atoms with Gasteiger partial charge in [0.1, 0.15) is 23.3 Å². The van der Waals surface area contributed by atoms with E-state index in [2.05, 4.69) is 15.5 Å². The molecule has 1 aromatic carbocycles. The highest BCUT2D eigenvalue weighted by Gasteiger charge is 2.21. The van der Waals surface area contributed by atoms with Crippen LogP contribution in [-0.4, -0.2) is 33.5 Å². The van der Waals surface area contributed by atoms with E-state index in [0.717, 1.165) is 37.0 Å². The summed E-state index contributed by atoms with van der Waals surface area (Å²) in [6.45, 7) is 0. The van der Waals surface area contributed by atoms with E-state index in [1.807, 2.05) is 6.07 Å². The first-order valence-electron chi connectivity index (χ1n) is 8.42. The van der Waals surface area contributed by atoms with E-state index in [4.69, 9.17) is 10.1 Å². The second-order valence-corrected chi connectivity index (χ2v) is 8.44. The number of carbonyl (C=O) groups is 1. The van der Waals surface area contributed by atoms with Crippen molar-refractivity contribution in [3.8, 4) is 6.07 Å². The van der Waals surface area contributed by atoms with Gasteiger partial charge in [0.15, 0.2) is 15.7 Å². The number of amides is 1. The fourth-order valence-electron chi connectivity index (χ4n) is 2.69. The van der Waals surface area contributed by atoms with Gasteiger partial charge < -0.3 is 9.39 Å². The van der Waals surface area contributed by atoms with Crippen LogP contribution in [0, 0.1) is 11.3 Å². The minimum absolute atomic E-state index is 0.0141. The number of benzene rings is 1. The average molecular weight is 403 g/mol. The molecule has 0 bridgehead atoms. The number of rotatable bonds is 6. The largest absolute Gasteiger partial charge is 0.612 e. The van der Waals surface area contributed by atoms with Crippen molar-refractivity contribution < 1.29 is 14.2 Å². The van der Waals surface area contributed by atoms with Crippen molar-refractivity contribution in [2.75, 3.05) is 11.6 Å². The number of hydrogen-bond donors (Lipinski definition) is 1. The Balaban J connectivity index is 1.82. The van der Waals surface area contributed by atoms with Crippen molar-refractivity contribution in [1.29, 1.82) is 5.26 Å². The molecule has 0 radical (unpaired) electrons. The van der Waals surface area contributed by atoms with E-state index in [1.165, 1.54) is 6.20 Å². The number of anilines is 1. The number of oxime groups is 1. The van der Waals surface area contributed by atoms with Gasteiger partial charge in [-0.3, -0.25) is 10.1 Å². The number of nitriles is 1. The number of nitrogens with zero attached hydrogens (tertiary/aromatic N) is 3. The van der Waals surface area contributed by atoms with Crippen molar-refractivity contribution >= 4 is 39.3 Å². The number of nitrogens with one attached hydrogen (secondary N) is 1. The molecule has 140 valence electrons. The van der Waals surface area contributed by atoms with Crippen LogP contribution in [0.2, 0.25) is 0 Å². The van der Waals surface area contributed by atoms with Crippen molar-refractivity contribution in [1.82, 2.24) is 4.98 Å². The summed E-state index contributed by atoms with van der Waals surface area (Å²) < 4.78 is 11.6. The summed E-state index contributed by atoms with van der Waals surface area (Å²) in [7, 11) is 0. The van der Waals surface area contributed by atoms with Crippen LogP contribution < -0.4 is 5.32 Å². The van der Waals surface area contributed by atoms with Gasteiger partial charge in [-0.25, -0.2) is 4.98 Å². The maximum atomic E-state index is 12.7. The minimum atomic E-state index is -1.11. The quantitative estimate of drug-likeness (QED) is 0.453. The first kappa shape index (κ1) is 19.4. The Morgan fingerprint density at radius 3 is 2.70 bits per heavy atom. The highest BCUT2D eigenvalue weighted by atomic mass is 32.2. The standard InChI is InChI=1S/C18H18N4O3S2/c1-27(24)15-8-6-12(7-9-15)16(22-25-13-4-2-3-5-13)17(23)21-18-20-11-14(10-19)26-18/h6-9,11,13H,2-5H2,1H3,(H,20,21,23)/b22-16+. The molecule has 2 aromatic rings. The lowest BCUT2D eigenvalue weighted by Crippen LogP contribution is -2.25. The van der Waals surface area contributed by atoms with Crippen LogP contribution in [0.3, 0.4) is 0 Å². The summed E-state index contributed by atoms with van der Waals surface area (Å²) in [6.07, 6.45) is 7.03. The molecule has 0 aliphatic heterocycles. The smallest absolute Gasteiger partial charge is 0.280 e. The Morgan fingerprint density at radius 2 is 2.11 bits per heavy atom. The predicted octanol–water partition coefficient (Wildman–Crippen LogP) is 3.05. The Labute approximate surface area is 164 Å². The zero-order valence-electron chi connectivity index (χ0n) is 14.7. The van der Waals surface area contributed by atoms with E-state index in [-0.39, 0.29) is 11.8 Å². The normalized spacial score (nSPS) is 16.0. The van der Waals surface area contributed by atoms with Gasteiger partial charge in [0.25, 0.3) is 5.91 Å². The summed E-state index contributed by atoms with van der Waals surface area (Å²) >= 11 is -0.0239. The molecule has 1 aliphatic carbocycles. The molecule has 1 atom stereocenters. The van der Waals surface area contributed by atoms with E-state index in [1.54, 1.807) is 30.5 Å². The molecule has 1 saturated carbocycles. The van der Waals surface area contributed by atoms with Gasteiger partial charge in [0, 0.05) is 5.56 Å². The second-order valence-electron chi connectivity index (χ2n) is 6.03. The third kappa shape index (κ3) is 5.07. The van der Waals surface area contributed by atoms with Crippen LogP contribution in [0.5, 0.6) is 0 Å². The SMILES string of the molecule is C[S+]([O-])c1ccc(/C(=N\OC2CCCC2)C(=O)Nc2ncc(C#N)s2)cc1. The Bertz CT molecular complexity index is 865. The molecule has 1 unspecified atom stereocenters. The lowest BCUT2D eigenvalue weighted by Gasteiger charge is -2.11. The molecule has 27 heavy (non-hydrogen) atoms. The summed E-state index contributed by atoms with van der Waals surface area (Å²) in [4.78, 5) is 23.4. The van der Waals surface area contributed by atoms with E-state index in [9.17, 15) is 9.35 Å². The van der Waals surface area contributed by atoms with Crippen LogP contribution >= 0.6 is 11.3 Å². The first-order chi connectivity index (χ1) is 13.1. The number of carbonyl (C=O) groups excluding carboxylic acids is 1. The molecule has 7 nitrogen and oxygen atoms in total. The third-order valence-electron chi connectivity index (χ3n) is 4.11. The second kappa shape index (κ2) is 8.99. The van der Waals surface area contributed by atoms with Crippen LogP contribution in [0.15, 0.2) is 40.5 Å². The molecular weight excluding hydrogens is 384 g/mol. The van der Waals surface area contributed by atoms with Crippen molar-refractivity contribution in [2.45, 2.75) is 36.7 Å². The maximum absolute atomic E-state index is 12.7. The number of hydrogen-bond acceptors (Lipinski definition) is 7. The Kier molecular flexibility index (Phi) is 6.45. The van der Waals surface area contributed by atoms with Crippen LogP contribution in [0.4, 0.5) is 5.13 Å². The molecular formula is C18H18N4O3S2. The van der Waals surface area contributed by atoms with Gasteiger partial charge in [0.05, 0.1) is 6.20 Å². The zero-order valence-corrected chi connectivity index (χ0v) is 16.3. The Morgan fingerprint density at radius 1 is 1.41 bits per heavy atom. The fraction of sp³-hybridized carbons (Fsp3) is 0.333. The van der Waals surface area contributed by atoms with E-state index in [0.29, 0.717) is 20.5 Å². The van der Waals surface area contributed by atoms with Gasteiger partial charge in [-0.2, -0.15) is 5.26 Å². The summed E-state index contributed by atoms with van der Waals surface area (Å²) in [5, 5.41) is 16.0. The van der Waals surface area contributed by atoms with Gasteiger partial charge in [-0.05, 0) is 61.1 Å². The van der Waals surface area contributed by atoms with Crippen molar-refractivity contribution in [2.24, 2.45) is 5.16 Å². The number of thiazole rings is 1. The maximum Gasteiger partial charge on any atom is 0.280 e. The molecule has 1 amide bonds. The first-order valence-corrected chi connectivity index (χ1v) is 10.8. The van der Waals surface area contributed by atoms with Crippen LogP contribution in [0.25, 0.3) is 0 Å². The number of aromatic nitrogens is 1. The molecule has 1 aliphatic rings. The van der Waals surface area contributed by atoms with E-state index >= 15 is 0 Å². The lowest BCUT2D eigenvalue weighted by molar-refractivity contribution is -0.110. The third-order valence-corrected chi connectivity index (χ3v) is 5.86. The molecule has 1 heterocycles. The zero-order chi connectivity index (χ0) is 19.2.